The molecule has 0 spiro atoms. The van der Waals surface area contributed by atoms with Gasteiger partial charge in [0.05, 0.1) is 18.2 Å². The van der Waals surface area contributed by atoms with Gasteiger partial charge in [0.1, 0.15) is 17.2 Å². The Bertz CT molecular complexity index is 1090. The molecule has 0 aliphatic carbocycles. The molecule has 0 fully saturated rings. The molecule has 34 heavy (non-hydrogen) atoms. The Hall–Kier alpha value is -2.79. The molecule has 0 aliphatic rings. The molecule has 8 nitrogen and oxygen atoms in total. The highest BCUT2D eigenvalue weighted by molar-refractivity contribution is 7.88. The fraction of sp³-hybridized carbons (Fsp3) is 0.381. The summed E-state index contributed by atoms with van der Waals surface area (Å²) in [5.74, 6) is -0.102. The third-order valence-electron chi connectivity index (χ3n) is 3.88. The van der Waals surface area contributed by atoms with Crippen molar-refractivity contribution in [3.05, 3.63) is 53.6 Å². The van der Waals surface area contributed by atoms with E-state index >= 15 is 0 Å². The van der Waals surface area contributed by atoms with E-state index in [0.29, 0.717) is 11.3 Å². The van der Waals surface area contributed by atoms with Crippen LogP contribution in [0.4, 0.5) is 13.2 Å². The number of hydrogen-bond donors (Lipinski definition) is 0. The number of nitrogens with zero attached hydrogens (tertiary/aromatic N) is 1. The molecule has 0 atom stereocenters. The third-order valence-corrected chi connectivity index (χ3v) is 4.84. The van der Waals surface area contributed by atoms with Crippen molar-refractivity contribution in [1.82, 2.24) is 0 Å². The minimum absolute atomic E-state index is 0.0660. The zero-order chi connectivity index (χ0) is 25.5. The van der Waals surface area contributed by atoms with E-state index in [1.165, 1.54) is 36.4 Å². The number of ether oxygens (including phenoxy) is 1. The van der Waals surface area contributed by atoms with Gasteiger partial charge in [-0.2, -0.15) is 26.9 Å². The second kappa shape index (κ2) is 11.6. The number of rotatable bonds is 11. The highest BCUT2D eigenvalue weighted by Crippen LogP contribution is 2.33. The van der Waals surface area contributed by atoms with E-state index in [2.05, 4.69) is 4.18 Å². The maximum atomic E-state index is 12.8. The first kappa shape index (κ1) is 27.5. The zero-order valence-corrected chi connectivity index (χ0v) is 19.6. The lowest BCUT2D eigenvalue weighted by Crippen LogP contribution is -2.32. The predicted octanol–water partition coefficient (Wildman–Crippen LogP) is 4.93. The van der Waals surface area contributed by atoms with E-state index in [1.807, 2.05) is 6.07 Å². The molecule has 0 amide bonds. The Morgan fingerprint density at radius 1 is 0.971 bits per heavy atom. The maximum Gasteiger partial charge on any atom is 0.640 e. The predicted molar refractivity (Wildman–Crippen MR) is 116 cm³/mol. The highest BCUT2D eigenvalue weighted by Gasteiger charge is 2.48. The van der Waals surface area contributed by atoms with E-state index in [9.17, 15) is 21.6 Å². The van der Waals surface area contributed by atoms with E-state index in [1.54, 1.807) is 27.7 Å². The molecule has 0 saturated carbocycles. The number of alkyl halides is 3. The molecule has 0 aromatic heterocycles. The van der Waals surface area contributed by atoms with Gasteiger partial charge in [0, 0.05) is 17.8 Å². The van der Waals surface area contributed by atoms with Crippen molar-refractivity contribution < 1.29 is 44.5 Å². The molecule has 2 aromatic rings. The number of hydrogen-bond acceptors (Lipinski definition) is 8. The van der Waals surface area contributed by atoms with Gasteiger partial charge in [0.2, 0.25) is 0 Å². The van der Waals surface area contributed by atoms with Crippen LogP contribution in [-0.2, 0) is 30.7 Å². The average Bonchev–Trinajstić information content (AvgIpc) is 2.72. The molecule has 13 heteroatoms. The van der Waals surface area contributed by atoms with Gasteiger partial charge in [-0.1, -0.05) is 0 Å². The Morgan fingerprint density at radius 2 is 1.53 bits per heavy atom. The number of nitriles is 1. The summed E-state index contributed by atoms with van der Waals surface area (Å²) in [7, 11) is -7.09. The van der Waals surface area contributed by atoms with Crippen LogP contribution in [0, 0.1) is 11.3 Å². The molecule has 0 saturated heterocycles. The van der Waals surface area contributed by atoms with E-state index in [-0.39, 0.29) is 23.5 Å². The second-order valence-corrected chi connectivity index (χ2v) is 9.00. The lowest BCUT2D eigenvalue weighted by atomic mass is 10.1. The van der Waals surface area contributed by atoms with Gasteiger partial charge in [-0.15, -0.1) is 0 Å². The quantitative estimate of drug-likeness (QED) is 0.243. The summed E-state index contributed by atoms with van der Waals surface area (Å²) in [5.41, 5.74) is -5.28. The monoisotopic (exact) mass is 501 g/mol. The number of benzene rings is 2. The highest BCUT2D eigenvalue weighted by atomic mass is 32.2. The summed E-state index contributed by atoms with van der Waals surface area (Å²) in [6.07, 6.45) is -0.591. The van der Waals surface area contributed by atoms with Crippen molar-refractivity contribution in [2.75, 3.05) is 0 Å². The third kappa shape index (κ3) is 8.21. The van der Waals surface area contributed by atoms with Crippen molar-refractivity contribution in [3.8, 4) is 23.3 Å². The minimum Gasteiger partial charge on any atom is -0.457 e. The van der Waals surface area contributed by atoms with Gasteiger partial charge >= 0.3 is 22.9 Å². The van der Waals surface area contributed by atoms with Crippen LogP contribution < -0.4 is 8.92 Å². The fourth-order valence-electron chi connectivity index (χ4n) is 2.43. The van der Waals surface area contributed by atoms with Gasteiger partial charge in [0.15, 0.2) is 0 Å². The summed E-state index contributed by atoms with van der Waals surface area (Å²) < 4.78 is 88.1. The van der Waals surface area contributed by atoms with Crippen molar-refractivity contribution in [2.45, 2.75) is 52.0 Å². The van der Waals surface area contributed by atoms with Crippen LogP contribution in [0.15, 0.2) is 42.5 Å². The van der Waals surface area contributed by atoms with Crippen molar-refractivity contribution in [2.24, 2.45) is 0 Å². The summed E-state index contributed by atoms with van der Waals surface area (Å²) in [5, 5.41) is 8.88. The molecule has 0 aliphatic heterocycles. The Labute approximate surface area is 196 Å². The smallest absolute Gasteiger partial charge is 0.457 e. The standard InChI is InChI=1S/C21H23BF3NO7S/c1-14(2)31-22(32-15(3)4)29-13-17-11-19(30-18-7-5-16(12-26)6-8-18)9-10-20(17)33-34(27,28)21(23,24)25/h5-11,14-15H,13H2,1-4H3. The van der Waals surface area contributed by atoms with Crippen LogP contribution in [0.25, 0.3) is 0 Å². The van der Waals surface area contributed by atoms with Gasteiger partial charge < -0.3 is 22.9 Å². The van der Waals surface area contributed by atoms with Crippen LogP contribution in [0.2, 0.25) is 0 Å². The molecule has 184 valence electrons. The van der Waals surface area contributed by atoms with Crippen LogP contribution in [-0.4, -0.2) is 33.5 Å². The Kier molecular flexibility index (Phi) is 9.34. The van der Waals surface area contributed by atoms with E-state index in [0.717, 1.165) is 6.07 Å². The van der Waals surface area contributed by atoms with Gasteiger partial charge in [-0.3, -0.25) is 0 Å². The normalized spacial score (nSPS) is 12.0. The fourth-order valence-corrected chi connectivity index (χ4v) is 2.92. The van der Waals surface area contributed by atoms with Crippen LogP contribution in [0.3, 0.4) is 0 Å². The van der Waals surface area contributed by atoms with E-state index < -0.39 is 35.3 Å². The van der Waals surface area contributed by atoms with Gasteiger partial charge in [-0.25, -0.2) is 0 Å². The van der Waals surface area contributed by atoms with Crippen molar-refractivity contribution in [3.63, 3.8) is 0 Å². The second-order valence-electron chi connectivity index (χ2n) is 7.46. The molecule has 0 unspecified atom stereocenters. The largest absolute Gasteiger partial charge is 0.640 e. The molecule has 0 radical (unpaired) electrons. The zero-order valence-electron chi connectivity index (χ0n) is 18.8. The maximum absolute atomic E-state index is 12.8. The molecule has 0 heterocycles. The van der Waals surface area contributed by atoms with Crippen LogP contribution in [0.1, 0.15) is 38.8 Å². The first-order valence-electron chi connectivity index (χ1n) is 10.0. The SMILES string of the molecule is CC(C)OB(OCc1cc(Oc2ccc(C#N)cc2)ccc1OS(=O)(=O)C(F)(F)F)OC(C)C. The van der Waals surface area contributed by atoms with Gasteiger partial charge in [-0.05, 0) is 70.2 Å². The average molecular weight is 501 g/mol. The molecule has 0 N–H and O–H groups in total. The summed E-state index contributed by atoms with van der Waals surface area (Å²) in [4.78, 5) is 0. The van der Waals surface area contributed by atoms with Gasteiger partial charge in [0.25, 0.3) is 0 Å². The lowest BCUT2D eigenvalue weighted by Gasteiger charge is -2.20. The summed E-state index contributed by atoms with van der Waals surface area (Å²) >= 11 is 0. The van der Waals surface area contributed by atoms with Crippen LogP contribution >= 0.6 is 0 Å². The number of halogens is 3. The molecule has 0 bridgehead atoms. The van der Waals surface area contributed by atoms with Crippen LogP contribution in [0.5, 0.6) is 17.2 Å². The lowest BCUT2D eigenvalue weighted by molar-refractivity contribution is -0.0500. The molecule has 2 aromatic carbocycles. The van der Waals surface area contributed by atoms with E-state index in [4.69, 9.17) is 24.0 Å². The molecular formula is C21H23BF3NO7S. The molecule has 2 rings (SSSR count). The van der Waals surface area contributed by atoms with Crippen molar-refractivity contribution >= 4 is 17.4 Å². The summed E-state index contributed by atoms with van der Waals surface area (Å²) in [6, 6.07) is 11.6. The topological polar surface area (TPSA) is 104 Å². The Morgan fingerprint density at radius 3 is 2.03 bits per heavy atom. The first-order chi connectivity index (χ1) is 15.8. The molecular weight excluding hydrogens is 478 g/mol. The summed E-state index contributed by atoms with van der Waals surface area (Å²) in [6.45, 7) is 6.51. The minimum atomic E-state index is -5.92. The first-order valence-corrected chi connectivity index (χ1v) is 11.5. The Balaban J connectivity index is 2.34. The van der Waals surface area contributed by atoms with Crippen molar-refractivity contribution in [1.29, 1.82) is 5.26 Å².